The molecule has 0 N–H and O–H groups in total. The molecule has 0 spiro atoms. The molecule has 1 aromatic rings. The number of rotatable bonds is 4. The summed E-state index contributed by atoms with van der Waals surface area (Å²) in [5.74, 6) is 0.774. The standard InChI is InChI=1S/C19H27NO6S/c1-12-14-10-13(19(14,2)3)11-16(12)26-18(21)15-4-5-17(25-15)27(22,23)20-6-8-24-9-7-20/h4-5,12-14,16H,6-11H2,1-3H3/t12-,13+,14+,16+/m0/s1. The molecule has 0 unspecified atom stereocenters. The number of hydrogen-bond acceptors (Lipinski definition) is 6. The first-order chi connectivity index (χ1) is 12.7. The fraction of sp³-hybridized carbons (Fsp3) is 0.737. The van der Waals surface area contributed by atoms with Crippen LogP contribution in [-0.2, 0) is 19.5 Å². The highest BCUT2D eigenvalue weighted by molar-refractivity contribution is 7.89. The largest absolute Gasteiger partial charge is 0.456 e. The number of esters is 1. The highest BCUT2D eigenvalue weighted by atomic mass is 32.2. The van der Waals surface area contributed by atoms with Gasteiger partial charge in [-0.3, -0.25) is 0 Å². The molecule has 4 atom stereocenters. The highest BCUT2D eigenvalue weighted by Crippen LogP contribution is 2.61. The summed E-state index contributed by atoms with van der Waals surface area (Å²) in [6.07, 6.45) is 1.92. The lowest BCUT2D eigenvalue weighted by Gasteiger charge is -2.61. The zero-order valence-corrected chi connectivity index (χ0v) is 16.8. The Morgan fingerprint density at radius 3 is 2.56 bits per heavy atom. The molecule has 27 heavy (non-hydrogen) atoms. The van der Waals surface area contributed by atoms with Gasteiger partial charge in [0.2, 0.25) is 10.9 Å². The van der Waals surface area contributed by atoms with Gasteiger partial charge in [0.15, 0.2) is 0 Å². The number of furan rings is 1. The van der Waals surface area contributed by atoms with Crippen molar-refractivity contribution in [2.75, 3.05) is 26.3 Å². The number of ether oxygens (including phenoxy) is 2. The predicted octanol–water partition coefficient (Wildman–Crippen LogP) is 2.53. The van der Waals surface area contributed by atoms with E-state index in [2.05, 4.69) is 20.8 Å². The normalized spacial score (nSPS) is 33.3. The third kappa shape index (κ3) is 3.11. The lowest BCUT2D eigenvalue weighted by Crippen LogP contribution is -2.57. The summed E-state index contributed by atoms with van der Waals surface area (Å²) in [4.78, 5) is 12.5. The van der Waals surface area contributed by atoms with E-state index in [-0.39, 0.29) is 30.0 Å². The molecule has 2 heterocycles. The van der Waals surface area contributed by atoms with E-state index in [1.165, 1.54) is 22.9 Å². The Hall–Kier alpha value is -1.38. The van der Waals surface area contributed by atoms with Crippen LogP contribution in [0.15, 0.2) is 21.6 Å². The Bertz CT molecular complexity index is 823. The van der Waals surface area contributed by atoms with Crippen molar-refractivity contribution in [1.29, 1.82) is 0 Å². The van der Waals surface area contributed by atoms with Crippen LogP contribution in [0.1, 0.15) is 44.2 Å². The molecule has 4 aliphatic rings. The number of carbonyl (C=O) groups is 1. The molecule has 0 aromatic carbocycles. The summed E-state index contributed by atoms with van der Waals surface area (Å²) < 4.78 is 42.8. The van der Waals surface area contributed by atoms with Gasteiger partial charge in [0.1, 0.15) is 6.10 Å². The van der Waals surface area contributed by atoms with E-state index >= 15 is 0 Å². The first-order valence-corrected chi connectivity index (χ1v) is 11.0. The molecule has 0 amide bonds. The van der Waals surface area contributed by atoms with Crippen LogP contribution in [-0.4, -0.2) is 51.1 Å². The lowest BCUT2D eigenvalue weighted by molar-refractivity contribution is -0.157. The molecule has 2 bridgehead atoms. The van der Waals surface area contributed by atoms with E-state index < -0.39 is 16.0 Å². The molecule has 5 rings (SSSR count). The van der Waals surface area contributed by atoms with Crippen molar-refractivity contribution in [2.45, 2.75) is 44.8 Å². The van der Waals surface area contributed by atoms with Crippen molar-refractivity contribution in [1.82, 2.24) is 4.31 Å². The van der Waals surface area contributed by atoms with Crippen LogP contribution in [0.25, 0.3) is 0 Å². The van der Waals surface area contributed by atoms with Crippen molar-refractivity contribution in [3.05, 3.63) is 17.9 Å². The number of hydrogen-bond donors (Lipinski definition) is 0. The number of fused-ring (bicyclic) bond motifs is 2. The second kappa shape index (κ2) is 6.60. The second-order valence-electron chi connectivity index (χ2n) is 8.53. The molecule has 3 aliphatic carbocycles. The van der Waals surface area contributed by atoms with Crippen molar-refractivity contribution < 1.29 is 27.1 Å². The molecular formula is C19H27NO6S. The molecule has 3 saturated carbocycles. The third-order valence-corrected chi connectivity index (χ3v) is 8.66. The molecule has 7 nitrogen and oxygen atoms in total. The van der Waals surface area contributed by atoms with Crippen LogP contribution in [0, 0.1) is 23.2 Å². The summed E-state index contributed by atoms with van der Waals surface area (Å²) in [7, 11) is -3.76. The van der Waals surface area contributed by atoms with Crippen LogP contribution in [0.3, 0.4) is 0 Å². The molecular weight excluding hydrogens is 370 g/mol. The van der Waals surface area contributed by atoms with Gasteiger partial charge in [-0.25, -0.2) is 13.2 Å². The quantitative estimate of drug-likeness (QED) is 0.726. The zero-order valence-electron chi connectivity index (χ0n) is 16.0. The van der Waals surface area contributed by atoms with E-state index in [9.17, 15) is 13.2 Å². The maximum atomic E-state index is 12.6. The number of carbonyl (C=O) groups excluding carboxylic acids is 1. The summed E-state index contributed by atoms with van der Waals surface area (Å²) in [5.41, 5.74) is 0.312. The van der Waals surface area contributed by atoms with Gasteiger partial charge in [-0.05, 0) is 48.1 Å². The highest BCUT2D eigenvalue weighted by Gasteiger charge is 2.57. The summed E-state index contributed by atoms with van der Waals surface area (Å²) in [5, 5.41) is -0.225. The van der Waals surface area contributed by atoms with E-state index in [0.717, 1.165) is 6.42 Å². The molecule has 1 aliphatic heterocycles. The maximum Gasteiger partial charge on any atom is 0.374 e. The van der Waals surface area contributed by atoms with Gasteiger partial charge in [0.25, 0.3) is 10.0 Å². The number of sulfonamides is 1. The number of morpholine rings is 1. The molecule has 4 fully saturated rings. The van der Waals surface area contributed by atoms with Crippen LogP contribution < -0.4 is 0 Å². The molecule has 0 radical (unpaired) electrons. The molecule has 1 saturated heterocycles. The van der Waals surface area contributed by atoms with Gasteiger partial charge < -0.3 is 13.9 Å². The smallest absolute Gasteiger partial charge is 0.374 e. The van der Waals surface area contributed by atoms with Gasteiger partial charge >= 0.3 is 5.97 Å². The average molecular weight is 397 g/mol. The molecule has 1 aromatic heterocycles. The van der Waals surface area contributed by atoms with Crippen LogP contribution >= 0.6 is 0 Å². The average Bonchev–Trinajstić information content (AvgIpc) is 3.14. The van der Waals surface area contributed by atoms with E-state index in [4.69, 9.17) is 13.9 Å². The van der Waals surface area contributed by atoms with Crippen LogP contribution in [0.5, 0.6) is 0 Å². The fourth-order valence-corrected chi connectivity index (χ4v) is 6.26. The second-order valence-corrected chi connectivity index (χ2v) is 10.4. The predicted molar refractivity (Wildman–Crippen MR) is 96.6 cm³/mol. The van der Waals surface area contributed by atoms with Crippen molar-refractivity contribution in [3.8, 4) is 0 Å². The van der Waals surface area contributed by atoms with Gasteiger partial charge in [-0.1, -0.05) is 20.8 Å². The Morgan fingerprint density at radius 1 is 1.22 bits per heavy atom. The molecule has 8 heteroatoms. The van der Waals surface area contributed by atoms with Crippen molar-refractivity contribution >= 4 is 16.0 Å². The minimum atomic E-state index is -3.76. The van der Waals surface area contributed by atoms with E-state index in [1.54, 1.807) is 0 Å². The van der Waals surface area contributed by atoms with Gasteiger partial charge in [-0.2, -0.15) is 4.31 Å². The van der Waals surface area contributed by atoms with Crippen molar-refractivity contribution in [3.63, 3.8) is 0 Å². The van der Waals surface area contributed by atoms with E-state index in [0.29, 0.717) is 36.4 Å². The van der Waals surface area contributed by atoms with Crippen LogP contribution in [0.4, 0.5) is 0 Å². The monoisotopic (exact) mass is 397 g/mol. The fourth-order valence-electron chi connectivity index (χ4n) is 4.94. The Balaban J connectivity index is 1.44. The summed E-state index contributed by atoms with van der Waals surface area (Å²) >= 11 is 0. The minimum Gasteiger partial charge on any atom is -0.456 e. The molecule has 150 valence electrons. The van der Waals surface area contributed by atoms with E-state index in [1.807, 2.05) is 0 Å². The Labute approximate surface area is 160 Å². The first-order valence-electron chi connectivity index (χ1n) is 9.60. The first kappa shape index (κ1) is 19.0. The zero-order chi connectivity index (χ0) is 19.4. The van der Waals surface area contributed by atoms with Gasteiger partial charge in [-0.15, -0.1) is 0 Å². The summed E-state index contributed by atoms with van der Waals surface area (Å²) in [6.45, 7) is 7.98. The third-order valence-electron chi connectivity index (χ3n) is 6.89. The topological polar surface area (TPSA) is 86.1 Å². The SMILES string of the molecule is C[C@H]1[C@H]2C[C@H](C[C@H]1OC(=O)c1ccc(S(=O)(=O)N3CCOCC3)o1)C2(C)C. The summed E-state index contributed by atoms with van der Waals surface area (Å²) in [6, 6.07) is 2.71. The van der Waals surface area contributed by atoms with Gasteiger partial charge in [0, 0.05) is 13.1 Å². The Kier molecular flexibility index (Phi) is 4.63. The Morgan fingerprint density at radius 2 is 1.93 bits per heavy atom. The van der Waals surface area contributed by atoms with Crippen molar-refractivity contribution in [2.24, 2.45) is 23.2 Å². The van der Waals surface area contributed by atoms with Gasteiger partial charge in [0.05, 0.1) is 13.2 Å². The van der Waals surface area contributed by atoms with Crippen LogP contribution in [0.2, 0.25) is 0 Å². The number of nitrogens with zero attached hydrogens (tertiary/aromatic N) is 1. The minimum absolute atomic E-state index is 0.0625. The lowest BCUT2D eigenvalue weighted by atomic mass is 9.45. The maximum absolute atomic E-state index is 12.6.